The van der Waals surface area contributed by atoms with Gasteiger partial charge in [-0.05, 0) is 20.3 Å². The molecule has 3 N–H and O–H groups in total. The molecular formula is C10H16N4O. The normalized spacial score (nSPS) is 30.4. The minimum Gasteiger partial charge on any atom is -0.384 e. The predicted molar refractivity (Wildman–Crippen MR) is 58.5 cm³/mol. The Balaban J connectivity index is 2.14. The van der Waals surface area contributed by atoms with Crippen molar-refractivity contribution in [2.45, 2.75) is 31.9 Å². The highest BCUT2D eigenvalue weighted by atomic mass is 16.5. The Bertz CT molecular complexity index is 357. The summed E-state index contributed by atoms with van der Waals surface area (Å²) in [7, 11) is 0. The fourth-order valence-corrected chi connectivity index (χ4v) is 1.73. The molecule has 0 spiro atoms. The number of nitrogens with zero attached hydrogens (tertiary/aromatic N) is 2. The summed E-state index contributed by atoms with van der Waals surface area (Å²) < 4.78 is 5.53. The van der Waals surface area contributed by atoms with Crippen LogP contribution in [0, 0.1) is 0 Å². The van der Waals surface area contributed by atoms with E-state index in [0.717, 1.165) is 18.8 Å². The van der Waals surface area contributed by atoms with Gasteiger partial charge in [-0.2, -0.15) is 0 Å². The number of hydrogen-bond acceptors (Lipinski definition) is 5. The second-order valence-corrected chi connectivity index (χ2v) is 4.13. The van der Waals surface area contributed by atoms with Crippen molar-refractivity contribution in [1.29, 1.82) is 0 Å². The van der Waals surface area contributed by atoms with Crippen LogP contribution in [0.15, 0.2) is 12.4 Å². The molecule has 1 fully saturated rings. The smallest absolute Gasteiger partial charge is 0.131 e. The molecule has 1 aliphatic rings. The molecule has 2 heterocycles. The minimum atomic E-state index is -0.0687. The van der Waals surface area contributed by atoms with Crippen LogP contribution in [0.5, 0.6) is 0 Å². The van der Waals surface area contributed by atoms with Crippen molar-refractivity contribution in [3.8, 4) is 0 Å². The summed E-state index contributed by atoms with van der Waals surface area (Å²) in [4.78, 5) is 7.98. The molecule has 82 valence electrons. The van der Waals surface area contributed by atoms with Crippen LogP contribution in [0.25, 0.3) is 0 Å². The van der Waals surface area contributed by atoms with Crippen molar-refractivity contribution >= 4 is 11.6 Å². The van der Waals surface area contributed by atoms with Crippen LogP contribution < -0.4 is 11.1 Å². The van der Waals surface area contributed by atoms with Gasteiger partial charge in [-0.15, -0.1) is 0 Å². The summed E-state index contributed by atoms with van der Waals surface area (Å²) in [6.45, 7) is 4.97. The van der Waals surface area contributed by atoms with Crippen molar-refractivity contribution < 1.29 is 4.74 Å². The summed E-state index contributed by atoms with van der Waals surface area (Å²) in [6, 6.07) is 1.73. The summed E-state index contributed by atoms with van der Waals surface area (Å²) in [6.07, 6.45) is 2.60. The van der Waals surface area contributed by atoms with Crippen LogP contribution in [0.3, 0.4) is 0 Å². The van der Waals surface area contributed by atoms with E-state index < -0.39 is 0 Å². The van der Waals surface area contributed by atoms with E-state index in [1.807, 2.05) is 0 Å². The van der Waals surface area contributed by atoms with E-state index in [2.05, 4.69) is 29.1 Å². The largest absolute Gasteiger partial charge is 0.384 e. The molecule has 1 aromatic heterocycles. The quantitative estimate of drug-likeness (QED) is 0.759. The second kappa shape index (κ2) is 3.66. The molecule has 2 unspecified atom stereocenters. The van der Waals surface area contributed by atoms with Gasteiger partial charge in [0.25, 0.3) is 0 Å². The Morgan fingerprint density at radius 1 is 1.60 bits per heavy atom. The van der Waals surface area contributed by atoms with E-state index in [0.29, 0.717) is 5.82 Å². The number of hydrogen-bond donors (Lipinski definition) is 2. The first-order chi connectivity index (χ1) is 7.10. The maximum absolute atomic E-state index is 5.59. The highest BCUT2D eigenvalue weighted by Gasteiger charge is 2.37. The van der Waals surface area contributed by atoms with Crippen molar-refractivity contribution in [3.05, 3.63) is 12.4 Å². The molecule has 0 saturated carbocycles. The molecule has 1 aliphatic heterocycles. The number of nitrogen functional groups attached to an aromatic ring is 1. The maximum Gasteiger partial charge on any atom is 0.131 e. The number of aromatic nitrogens is 2. The van der Waals surface area contributed by atoms with Crippen molar-refractivity contribution in [2.75, 3.05) is 17.7 Å². The third kappa shape index (κ3) is 2.02. The summed E-state index contributed by atoms with van der Waals surface area (Å²) in [5.74, 6) is 1.23. The molecule has 0 bridgehead atoms. The fourth-order valence-electron chi connectivity index (χ4n) is 1.73. The van der Waals surface area contributed by atoms with Gasteiger partial charge >= 0.3 is 0 Å². The molecule has 0 amide bonds. The Labute approximate surface area is 89.1 Å². The number of ether oxygens (including phenoxy) is 1. The van der Waals surface area contributed by atoms with Crippen molar-refractivity contribution in [1.82, 2.24) is 9.97 Å². The number of anilines is 2. The van der Waals surface area contributed by atoms with Gasteiger partial charge in [0.05, 0.1) is 11.6 Å². The molecule has 0 aromatic carbocycles. The van der Waals surface area contributed by atoms with Gasteiger partial charge < -0.3 is 15.8 Å². The lowest BCUT2D eigenvalue weighted by atomic mass is 9.95. The topological polar surface area (TPSA) is 73.1 Å². The third-order valence-corrected chi connectivity index (χ3v) is 2.99. The van der Waals surface area contributed by atoms with Gasteiger partial charge in [0.1, 0.15) is 18.0 Å². The molecule has 2 atom stereocenters. The molecule has 2 rings (SSSR count). The zero-order valence-electron chi connectivity index (χ0n) is 9.03. The molecule has 1 saturated heterocycles. The monoisotopic (exact) mass is 208 g/mol. The number of nitrogens with two attached hydrogens (primary N) is 1. The zero-order valence-corrected chi connectivity index (χ0v) is 9.03. The number of nitrogens with one attached hydrogen (secondary N) is 1. The average Bonchev–Trinajstić information content (AvgIpc) is 2.47. The van der Waals surface area contributed by atoms with Crippen LogP contribution in [0.1, 0.15) is 20.3 Å². The Morgan fingerprint density at radius 2 is 2.40 bits per heavy atom. The first kappa shape index (κ1) is 10.2. The first-order valence-corrected chi connectivity index (χ1v) is 5.07. The van der Waals surface area contributed by atoms with Gasteiger partial charge in [-0.1, -0.05) is 0 Å². The van der Waals surface area contributed by atoms with Gasteiger partial charge in [0.15, 0.2) is 0 Å². The van der Waals surface area contributed by atoms with Gasteiger partial charge in [0, 0.05) is 12.7 Å². The third-order valence-electron chi connectivity index (χ3n) is 2.99. The Hall–Kier alpha value is -1.36. The summed E-state index contributed by atoms with van der Waals surface area (Å²) >= 11 is 0. The summed E-state index contributed by atoms with van der Waals surface area (Å²) in [5, 5.41) is 3.35. The van der Waals surface area contributed by atoms with Gasteiger partial charge in [0.2, 0.25) is 0 Å². The molecule has 0 aliphatic carbocycles. The van der Waals surface area contributed by atoms with E-state index in [9.17, 15) is 0 Å². The molecular weight excluding hydrogens is 192 g/mol. The fraction of sp³-hybridized carbons (Fsp3) is 0.600. The predicted octanol–water partition coefficient (Wildman–Crippen LogP) is 1.04. The van der Waals surface area contributed by atoms with Gasteiger partial charge in [-0.25, -0.2) is 9.97 Å². The van der Waals surface area contributed by atoms with Crippen LogP contribution in [0.4, 0.5) is 11.6 Å². The van der Waals surface area contributed by atoms with E-state index in [1.165, 1.54) is 6.33 Å². The maximum atomic E-state index is 5.59. The van der Waals surface area contributed by atoms with E-state index in [4.69, 9.17) is 10.5 Å². The molecule has 0 radical (unpaired) electrons. The minimum absolute atomic E-state index is 0.0687. The van der Waals surface area contributed by atoms with E-state index in [1.54, 1.807) is 6.07 Å². The lowest BCUT2D eigenvalue weighted by Crippen LogP contribution is -2.41. The lowest BCUT2D eigenvalue weighted by Gasteiger charge is -2.29. The highest BCUT2D eigenvalue weighted by Crippen LogP contribution is 2.28. The first-order valence-electron chi connectivity index (χ1n) is 5.07. The lowest BCUT2D eigenvalue weighted by molar-refractivity contribution is 0.105. The van der Waals surface area contributed by atoms with Crippen LogP contribution in [-0.2, 0) is 4.74 Å². The average molecular weight is 208 g/mol. The Kier molecular flexibility index (Phi) is 2.48. The highest BCUT2D eigenvalue weighted by molar-refractivity contribution is 5.45. The Morgan fingerprint density at radius 3 is 3.00 bits per heavy atom. The SMILES string of the molecule is CC1OCCC1(C)Nc1cc(N)ncn1. The van der Waals surface area contributed by atoms with E-state index in [-0.39, 0.29) is 11.6 Å². The van der Waals surface area contributed by atoms with Crippen LogP contribution >= 0.6 is 0 Å². The van der Waals surface area contributed by atoms with Gasteiger partial charge in [-0.3, -0.25) is 0 Å². The van der Waals surface area contributed by atoms with Crippen LogP contribution in [-0.4, -0.2) is 28.2 Å². The van der Waals surface area contributed by atoms with E-state index >= 15 is 0 Å². The van der Waals surface area contributed by atoms with Crippen molar-refractivity contribution in [2.24, 2.45) is 0 Å². The van der Waals surface area contributed by atoms with Crippen LogP contribution in [0.2, 0.25) is 0 Å². The summed E-state index contributed by atoms with van der Waals surface area (Å²) in [5.41, 5.74) is 5.52. The van der Waals surface area contributed by atoms with Crippen molar-refractivity contribution in [3.63, 3.8) is 0 Å². The standard InChI is InChI=1S/C10H16N4O/c1-7-10(2,3-4-15-7)14-9-5-8(11)12-6-13-9/h5-7H,3-4H2,1-2H3,(H3,11,12,13,14). The molecule has 1 aromatic rings. The molecule has 5 heteroatoms. The second-order valence-electron chi connectivity index (χ2n) is 4.13. The zero-order chi connectivity index (χ0) is 10.9. The molecule has 5 nitrogen and oxygen atoms in total. The molecule has 15 heavy (non-hydrogen) atoms. The number of rotatable bonds is 2.